The highest BCUT2D eigenvalue weighted by Crippen LogP contribution is 2.25. The van der Waals surface area contributed by atoms with Gasteiger partial charge in [0.25, 0.3) is 5.91 Å². The number of rotatable bonds is 4. The summed E-state index contributed by atoms with van der Waals surface area (Å²) >= 11 is 0. The number of ether oxygens (including phenoxy) is 1. The molecule has 2 aromatic rings. The average molecular weight is 313 g/mol. The summed E-state index contributed by atoms with van der Waals surface area (Å²) in [5, 5.41) is 10.2. The first-order valence-electron chi connectivity index (χ1n) is 8.16. The molecule has 122 valence electrons. The topological polar surface area (TPSA) is 67.0 Å². The maximum atomic E-state index is 12.4. The zero-order valence-electron chi connectivity index (χ0n) is 13.6. The maximum Gasteiger partial charge on any atom is 0.269 e. The molecule has 0 unspecified atom stereocenters. The number of hydrogen-bond acceptors (Lipinski definition) is 3. The van der Waals surface area contributed by atoms with E-state index in [0.29, 0.717) is 5.69 Å². The maximum absolute atomic E-state index is 12.4. The number of benzene rings is 1. The number of H-pyrrole nitrogens is 1. The molecule has 3 rings (SSSR count). The molecule has 0 bridgehead atoms. The Kier molecular flexibility index (Phi) is 4.65. The molecule has 0 radical (unpaired) electrons. The van der Waals surface area contributed by atoms with Gasteiger partial charge in [0.05, 0.1) is 12.8 Å². The Morgan fingerprint density at radius 1 is 1.26 bits per heavy atom. The molecule has 2 N–H and O–H groups in total. The zero-order chi connectivity index (χ0) is 16.2. The Labute approximate surface area is 136 Å². The molecule has 1 aliphatic rings. The van der Waals surface area contributed by atoms with Gasteiger partial charge < -0.3 is 10.1 Å². The molecule has 0 atom stereocenters. The van der Waals surface area contributed by atoms with Crippen LogP contribution in [-0.2, 0) is 0 Å². The van der Waals surface area contributed by atoms with Gasteiger partial charge in [0.15, 0.2) is 0 Å². The molecule has 1 amide bonds. The number of aromatic amines is 1. The van der Waals surface area contributed by atoms with Crippen LogP contribution in [0.25, 0.3) is 11.3 Å². The van der Waals surface area contributed by atoms with Crippen molar-refractivity contribution in [2.75, 3.05) is 7.11 Å². The lowest BCUT2D eigenvalue weighted by Crippen LogP contribution is -2.37. The molecule has 5 heteroatoms. The zero-order valence-corrected chi connectivity index (χ0v) is 13.6. The quantitative estimate of drug-likeness (QED) is 0.909. The van der Waals surface area contributed by atoms with Crippen LogP contribution in [-0.4, -0.2) is 29.3 Å². The lowest BCUT2D eigenvalue weighted by molar-refractivity contribution is 0.0918. The largest absolute Gasteiger partial charge is 0.497 e. The molecule has 1 aliphatic carbocycles. The van der Waals surface area contributed by atoms with Crippen molar-refractivity contribution < 1.29 is 9.53 Å². The number of carbonyl (C=O) groups is 1. The second-order valence-corrected chi connectivity index (χ2v) is 6.33. The van der Waals surface area contributed by atoms with Crippen molar-refractivity contribution in [2.24, 2.45) is 5.92 Å². The Morgan fingerprint density at radius 3 is 2.78 bits per heavy atom. The van der Waals surface area contributed by atoms with Crippen LogP contribution in [0.5, 0.6) is 5.75 Å². The van der Waals surface area contributed by atoms with E-state index in [2.05, 4.69) is 22.4 Å². The van der Waals surface area contributed by atoms with Crippen LogP contribution in [0.2, 0.25) is 0 Å². The highest BCUT2D eigenvalue weighted by atomic mass is 16.5. The molecule has 1 saturated carbocycles. The molecular formula is C18H23N3O2. The summed E-state index contributed by atoms with van der Waals surface area (Å²) in [5.74, 6) is 1.47. The van der Waals surface area contributed by atoms with Crippen molar-refractivity contribution in [2.45, 2.75) is 38.6 Å². The normalized spacial score (nSPS) is 21.0. The first-order chi connectivity index (χ1) is 11.2. The van der Waals surface area contributed by atoms with Crippen LogP contribution in [0.4, 0.5) is 0 Å². The van der Waals surface area contributed by atoms with E-state index in [-0.39, 0.29) is 11.9 Å². The molecule has 1 aromatic carbocycles. The van der Waals surface area contributed by atoms with Crippen LogP contribution in [0.3, 0.4) is 0 Å². The van der Waals surface area contributed by atoms with E-state index < -0.39 is 0 Å². The van der Waals surface area contributed by atoms with Crippen LogP contribution in [0, 0.1) is 5.92 Å². The van der Waals surface area contributed by atoms with Crippen LogP contribution in [0.15, 0.2) is 30.3 Å². The van der Waals surface area contributed by atoms with Crippen molar-refractivity contribution in [3.63, 3.8) is 0 Å². The van der Waals surface area contributed by atoms with E-state index in [9.17, 15) is 4.79 Å². The minimum absolute atomic E-state index is 0.0776. The smallest absolute Gasteiger partial charge is 0.269 e. The summed E-state index contributed by atoms with van der Waals surface area (Å²) in [6.45, 7) is 2.27. The second kappa shape index (κ2) is 6.86. The molecular weight excluding hydrogens is 290 g/mol. The summed E-state index contributed by atoms with van der Waals surface area (Å²) in [4.78, 5) is 12.4. The summed E-state index contributed by atoms with van der Waals surface area (Å²) in [6.07, 6.45) is 4.49. The van der Waals surface area contributed by atoms with Gasteiger partial charge in [-0.3, -0.25) is 9.89 Å². The predicted octanol–water partition coefficient (Wildman–Crippen LogP) is 3.39. The van der Waals surface area contributed by atoms with E-state index in [0.717, 1.165) is 35.8 Å². The fraction of sp³-hybridized carbons (Fsp3) is 0.444. The van der Waals surface area contributed by atoms with Gasteiger partial charge in [-0.1, -0.05) is 19.1 Å². The summed E-state index contributed by atoms with van der Waals surface area (Å²) in [6, 6.07) is 9.71. The van der Waals surface area contributed by atoms with Gasteiger partial charge in [0, 0.05) is 11.6 Å². The van der Waals surface area contributed by atoms with Crippen molar-refractivity contribution in [1.29, 1.82) is 0 Å². The minimum Gasteiger partial charge on any atom is -0.497 e. The molecule has 0 spiro atoms. The first-order valence-corrected chi connectivity index (χ1v) is 8.16. The van der Waals surface area contributed by atoms with Gasteiger partial charge in [-0.05, 0) is 49.8 Å². The average Bonchev–Trinajstić information content (AvgIpc) is 3.07. The van der Waals surface area contributed by atoms with Crippen molar-refractivity contribution in [1.82, 2.24) is 15.5 Å². The van der Waals surface area contributed by atoms with Gasteiger partial charge in [0.1, 0.15) is 11.4 Å². The molecule has 5 nitrogen and oxygen atoms in total. The minimum atomic E-state index is -0.0776. The lowest BCUT2D eigenvalue weighted by Gasteiger charge is -2.26. The predicted molar refractivity (Wildman–Crippen MR) is 89.5 cm³/mol. The highest BCUT2D eigenvalue weighted by molar-refractivity contribution is 5.93. The third-order valence-corrected chi connectivity index (χ3v) is 4.54. The number of nitrogens with zero attached hydrogens (tertiary/aromatic N) is 1. The SMILES string of the molecule is COc1cccc(-c2cc(C(=O)NC3CCC(C)CC3)[nH]n2)c1. The Hall–Kier alpha value is -2.30. The second-order valence-electron chi connectivity index (χ2n) is 6.33. The fourth-order valence-corrected chi connectivity index (χ4v) is 3.04. The molecule has 0 saturated heterocycles. The van der Waals surface area contributed by atoms with Gasteiger partial charge in [-0.2, -0.15) is 5.10 Å². The number of carbonyl (C=O) groups excluding carboxylic acids is 1. The molecule has 1 fully saturated rings. The van der Waals surface area contributed by atoms with E-state index in [1.807, 2.05) is 24.3 Å². The van der Waals surface area contributed by atoms with Crippen LogP contribution in [0.1, 0.15) is 43.1 Å². The van der Waals surface area contributed by atoms with Gasteiger partial charge >= 0.3 is 0 Å². The third kappa shape index (κ3) is 3.73. The molecule has 0 aliphatic heterocycles. The van der Waals surface area contributed by atoms with Crippen molar-refractivity contribution in [3.05, 3.63) is 36.0 Å². The highest BCUT2D eigenvalue weighted by Gasteiger charge is 2.21. The van der Waals surface area contributed by atoms with Crippen LogP contribution >= 0.6 is 0 Å². The van der Waals surface area contributed by atoms with Gasteiger partial charge in [-0.25, -0.2) is 0 Å². The number of hydrogen-bond donors (Lipinski definition) is 2. The van der Waals surface area contributed by atoms with Gasteiger partial charge in [0.2, 0.25) is 0 Å². The lowest BCUT2D eigenvalue weighted by atomic mass is 9.87. The number of nitrogens with one attached hydrogen (secondary N) is 2. The molecule has 1 heterocycles. The Bertz CT molecular complexity index is 672. The number of methoxy groups -OCH3 is 1. The van der Waals surface area contributed by atoms with E-state index >= 15 is 0 Å². The standard InChI is InChI=1S/C18H23N3O2/c1-12-6-8-14(9-7-12)19-18(22)17-11-16(20-21-17)13-4-3-5-15(10-13)23-2/h3-5,10-12,14H,6-9H2,1-2H3,(H,19,22)(H,20,21). The monoisotopic (exact) mass is 313 g/mol. The van der Waals surface area contributed by atoms with Crippen molar-refractivity contribution in [3.8, 4) is 17.0 Å². The number of aromatic nitrogens is 2. The molecule has 23 heavy (non-hydrogen) atoms. The van der Waals surface area contributed by atoms with Gasteiger partial charge in [-0.15, -0.1) is 0 Å². The van der Waals surface area contributed by atoms with E-state index in [1.54, 1.807) is 13.2 Å². The molecule has 1 aromatic heterocycles. The summed E-state index contributed by atoms with van der Waals surface area (Å²) in [5.41, 5.74) is 2.17. The summed E-state index contributed by atoms with van der Waals surface area (Å²) in [7, 11) is 1.63. The fourth-order valence-electron chi connectivity index (χ4n) is 3.04. The third-order valence-electron chi connectivity index (χ3n) is 4.54. The number of amides is 1. The van der Waals surface area contributed by atoms with E-state index in [4.69, 9.17) is 4.74 Å². The first kappa shape index (κ1) is 15.6. The van der Waals surface area contributed by atoms with E-state index in [1.165, 1.54) is 12.8 Å². The summed E-state index contributed by atoms with van der Waals surface area (Å²) < 4.78 is 5.22. The Morgan fingerprint density at radius 2 is 2.04 bits per heavy atom. The Balaban J connectivity index is 1.67. The van der Waals surface area contributed by atoms with Crippen LogP contribution < -0.4 is 10.1 Å². The van der Waals surface area contributed by atoms with Crippen molar-refractivity contribution >= 4 is 5.91 Å².